The molecule has 168 valence electrons. The lowest BCUT2D eigenvalue weighted by Gasteiger charge is -2.44. The minimum Gasteiger partial charge on any atom is -0.598 e. The van der Waals surface area contributed by atoms with E-state index in [2.05, 4.69) is 10.3 Å². The molecule has 0 radical (unpaired) electrons. The van der Waals surface area contributed by atoms with Crippen molar-refractivity contribution in [2.24, 2.45) is 0 Å². The summed E-state index contributed by atoms with van der Waals surface area (Å²) in [7, 11) is 0. The zero-order chi connectivity index (χ0) is 22.4. The summed E-state index contributed by atoms with van der Waals surface area (Å²) in [5.41, 5.74) is 0.828. The lowest BCUT2D eigenvalue weighted by atomic mass is 9.70. The molecule has 2 heterocycles. The molecule has 0 aliphatic carbocycles. The van der Waals surface area contributed by atoms with Gasteiger partial charge in [-0.3, -0.25) is 14.2 Å². The van der Waals surface area contributed by atoms with E-state index in [0.29, 0.717) is 53.7 Å². The van der Waals surface area contributed by atoms with E-state index in [9.17, 15) is 13.7 Å². The van der Waals surface area contributed by atoms with Gasteiger partial charge in [0.05, 0.1) is 17.3 Å². The van der Waals surface area contributed by atoms with Crippen molar-refractivity contribution in [1.82, 2.24) is 14.6 Å². The third-order valence-corrected chi connectivity index (χ3v) is 8.01. The van der Waals surface area contributed by atoms with Crippen LogP contribution >= 0.6 is 23.2 Å². The number of amides is 1. The molecule has 2 atom stereocenters. The van der Waals surface area contributed by atoms with Crippen LogP contribution in [0.1, 0.15) is 42.2 Å². The number of nitrogens with one attached hydrogen (secondary N) is 1. The maximum atomic E-state index is 12.9. The average Bonchev–Trinajstić information content (AvgIpc) is 2.77. The van der Waals surface area contributed by atoms with Gasteiger partial charge >= 0.3 is 0 Å². The van der Waals surface area contributed by atoms with Gasteiger partial charge < -0.3 is 9.87 Å². The first-order valence-electron chi connectivity index (χ1n) is 10.2. The van der Waals surface area contributed by atoms with Crippen molar-refractivity contribution >= 4 is 40.5 Å². The SMILES string of the molecule is CC(NC(=O)c1ccc(Cl)cc1Cl)C1(c2ccccn2)CCN([S+]([O-])CCCF)CC1. The fraction of sp³-hybridized carbons (Fsp3) is 0.455. The number of nitrogens with zero attached hydrogens (tertiary/aromatic N) is 2. The van der Waals surface area contributed by atoms with Gasteiger partial charge in [0.15, 0.2) is 0 Å². The van der Waals surface area contributed by atoms with Gasteiger partial charge in [-0.1, -0.05) is 29.3 Å². The van der Waals surface area contributed by atoms with Crippen molar-refractivity contribution in [3.63, 3.8) is 0 Å². The molecule has 0 saturated carbocycles. The number of piperidine rings is 1. The highest BCUT2D eigenvalue weighted by Crippen LogP contribution is 2.38. The summed E-state index contributed by atoms with van der Waals surface area (Å²) in [5.74, 6) is 0.0486. The molecule has 1 aromatic heterocycles. The fourth-order valence-electron chi connectivity index (χ4n) is 4.05. The van der Waals surface area contributed by atoms with Crippen molar-refractivity contribution in [1.29, 1.82) is 0 Å². The molecule has 2 aromatic rings. The van der Waals surface area contributed by atoms with E-state index in [1.165, 1.54) is 0 Å². The van der Waals surface area contributed by atoms with E-state index < -0.39 is 23.5 Å². The number of carbonyl (C=O) groups excluding carboxylic acids is 1. The lowest BCUT2D eigenvalue weighted by molar-refractivity contribution is 0.0893. The second kappa shape index (κ2) is 11.0. The number of carbonyl (C=O) groups is 1. The van der Waals surface area contributed by atoms with Crippen LogP contribution in [0.3, 0.4) is 0 Å². The van der Waals surface area contributed by atoms with Crippen LogP contribution in [0.2, 0.25) is 10.0 Å². The number of alkyl halides is 1. The first kappa shape index (κ1) is 24.3. The monoisotopic (exact) mass is 485 g/mol. The third-order valence-electron chi connectivity index (χ3n) is 5.88. The predicted octanol–water partition coefficient (Wildman–Crippen LogP) is 4.56. The molecule has 3 rings (SSSR count). The number of hydrogen-bond donors (Lipinski definition) is 1. The van der Waals surface area contributed by atoms with Crippen molar-refractivity contribution in [3.8, 4) is 0 Å². The molecule has 5 nitrogen and oxygen atoms in total. The molecule has 1 saturated heterocycles. The quantitative estimate of drug-likeness (QED) is 0.556. The highest BCUT2D eigenvalue weighted by molar-refractivity contribution is 7.89. The minimum absolute atomic E-state index is 0.247. The van der Waals surface area contributed by atoms with Crippen LogP contribution in [-0.2, 0) is 16.8 Å². The highest BCUT2D eigenvalue weighted by Gasteiger charge is 2.45. The molecule has 9 heteroatoms. The number of aromatic nitrogens is 1. The smallest absolute Gasteiger partial charge is 0.253 e. The summed E-state index contributed by atoms with van der Waals surface area (Å²) in [6, 6.07) is 10.3. The molecule has 0 bridgehead atoms. The summed E-state index contributed by atoms with van der Waals surface area (Å²) in [6.07, 6.45) is 3.37. The van der Waals surface area contributed by atoms with Crippen LogP contribution in [0.25, 0.3) is 0 Å². The Hall–Kier alpha value is -1.38. The van der Waals surface area contributed by atoms with Gasteiger partial charge in [0.25, 0.3) is 5.91 Å². The van der Waals surface area contributed by atoms with E-state index in [1.807, 2.05) is 29.4 Å². The molecule has 0 spiro atoms. The van der Waals surface area contributed by atoms with Crippen LogP contribution in [0.15, 0.2) is 42.6 Å². The van der Waals surface area contributed by atoms with Crippen LogP contribution in [0.4, 0.5) is 4.39 Å². The number of pyridine rings is 1. The Bertz CT molecular complexity index is 882. The summed E-state index contributed by atoms with van der Waals surface area (Å²) in [6.45, 7) is 2.66. The third kappa shape index (κ3) is 5.71. The van der Waals surface area contributed by atoms with E-state index in [0.717, 1.165) is 5.69 Å². The topological polar surface area (TPSA) is 68.3 Å². The van der Waals surface area contributed by atoms with Crippen LogP contribution in [0.5, 0.6) is 0 Å². The maximum Gasteiger partial charge on any atom is 0.253 e. The van der Waals surface area contributed by atoms with Gasteiger partial charge in [-0.05, 0) is 50.1 Å². The molecule has 2 unspecified atom stereocenters. The van der Waals surface area contributed by atoms with Gasteiger partial charge in [0.1, 0.15) is 5.75 Å². The van der Waals surface area contributed by atoms with Crippen LogP contribution in [-0.4, -0.2) is 51.3 Å². The van der Waals surface area contributed by atoms with Gasteiger partial charge in [0.2, 0.25) is 0 Å². The Kier molecular flexibility index (Phi) is 8.58. The Labute approximate surface area is 195 Å². The zero-order valence-electron chi connectivity index (χ0n) is 17.3. The summed E-state index contributed by atoms with van der Waals surface area (Å²) in [4.78, 5) is 17.5. The van der Waals surface area contributed by atoms with Gasteiger partial charge in [-0.2, -0.15) is 0 Å². The van der Waals surface area contributed by atoms with E-state index in [-0.39, 0.29) is 11.9 Å². The molecular weight excluding hydrogens is 460 g/mol. The Balaban J connectivity index is 1.79. The second-order valence-electron chi connectivity index (χ2n) is 7.69. The number of rotatable bonds is 8. The normalized spacial score (nSPS) is 18.4. The van der Waals surface area contributed by atoms with E-state index >= 15 is 0 Å². The summed E-state index contributed by atoms with van der Waals surface area (Å²) in [5, 5.41) is 3.85. The average molecular weight is 486 g/mol. The number of hydrogen-bond acceptors (Lipinski definition) is 4. The highest BCUT2D eigenvalue weighted by atomic mass is 35.5. The summed E-state index contributed by atoms with van der Waals surface area (Å²) >= 11 is 11.0. The molecule has 31 heavy (non-hydrogen) atoms. The molecule has 1 aliphatic rings. The number of halogens is 3. The lowest BCUT2D eigenvalue weighted by Crippen LogP contribution is -2.55. The maximum absolute atomic E-state index is 12.9. The Morgan fingerprint density at radius 1 is 1.32 bits per heavy atom. The van der Waals surface area contributed by atoms with Gasteiger partial charge in [-0.25, -0.2) is 0 Å². The largest absolute Gasteiger partial charge is 0.598 e. The van der Waals surface area contributed by atoms with Crippen LogP contribution < -0.4 is 5.32 Å². The molecule has 1 fully saturated rings. The van der Waals surface area contributed by atoms with Crippen molar-refractivity contribution in [2.75, 3.05) is 25.5 Å². The van der Waals surface area contributed by atoms with Crippen LogP contribution in [0, 0.1) is 0 Å². The van der Waals surface area contributed by atoms with Gasteiger partial charge in [0, 0.05) is 59.2 Å². The number of benzene rings is 1. The second-order valence-corrected chi connectivity index (χ2v) is 10.1. The van der Waals surface area contributed by atoms with Crippen molar-refractivity contribution in [3.05, 3.63) is 63.9 Å². The summed E-state index contributed by atoms with van der Waals surface area (Å²) < 4.78 is 26.8. The first-order chi connectivity index (χ1) is 14.9. The first-order valence-corrected chi connectivity index (χ1v) is 12.3. The molecular formula is C22H26Cl2FN3O2S. The molecule has 1 amide bonds. The standard InChI is InChI=1S/C22H26Cl2FN3O2S/c1-16(27-21(29)18-7-6-17(23)15-19(18)24)22(20-5-2-3-11-26-20)8-12-28(13-9-22)31(30)14-4-10-25/h2-3,5-7,11,15-16H,4,8-10,12-14H2,1H3,(H,27,29). The fourth-order valence-corrected chi connectivity index (χ4v) is 5.75. The van der Waals surface area contributed by atoms with E-state index in [1.54, 1.807) is 24.4 Å². The Morgan fingerprint density at radius 2 is 2.06 bits per heavy atom. The Morgan fingerprint density at radius 3 is 2.68 bits per heavy atom. The molecule has 1 N–H and O–H groups in total. The molecule has 1 aliphatic heterocycles. The van der Waals surface area contributed by atoms with Gasteiger partial charge in [-0.15, -0.1) is 4.31 Å². The molecule has 1 aromatic carbocycles. The zero-order valence-corrected chi connectivity index (χ0v) is 19.6. The predicted molar refractivity (Wildman–Crippen MR) is 124 cm³/mol. The minimum atomic E-state index is -1.20. The van der Waals surface area contributed by atoms with Crippen molar-refractivity contribution < 1.29 is 13.7 Å². The van der Waals surface area contributed by atoms with E-state index in [4.69, 9.17) is 23.2 Å². The van der Waals surface area contributed by atoms with Crippen molar-refractivity contribution in [2.45, 2.75) is 37.6 Å².